The van der Waals surface area contributed by atoms with E-state index in [1.165, 1.54) is 16.7 Å². The van der Waals surface area contributed by atoms with Gasteiger partial charge in [-0.25, -0.2) is 0 Å². The van der Waals surface area contributed by atoms with E-state index in [1.807, 2.05) is 30.3 Å². The fourth-order valence-corrected chi connectivity index (χ4v) is 3.25. The molecule has 2 aromatic rings. The SMILES string of the molecule is CN1C(=O)/C(=C/c2oc(-c3ccccc3)cc2CO)SC1=S. The maximum Gasteiger partial charge on any atom is 0.266 e. The zero-order valence-electron chi connectivity index (χ0n) is 11.8. The van der Waals surface area contributed by atoms with Crippen molar-refractivity contribution in [2.24, 2.45) is 0 Å². The summed E-state index contributed by atoms with van der Waals surface area (Å²) in [5.74, 6) is 0.981. The van der Waals surface area contributed by atoms with E-state index in [0.717, 1.165) is 5.56 Å². The van der Waals surface area contributed by atoms with E-state index in [4.69, 9.17) is 16.6 Å². The van der Waals surface area contributed by atoms with E-state index >= 15 is 0 Å². The highest BCUT2D eigenvalue weighted by Crippen LogP contribution is 2.34. The lowest BCUT2D eigenvalue weighted by Crippen LogP contribution is -2.22. The van der Waals surface area contributed by atoms with E-state index in [9.17, 15) is 9.90 Å². The molecule has 2 heterocycles. The van der Waals surface area contributed by atoms with E-state index in [0.29, 0.717) is 26.3 Å². The normalized spacial score (nSPS) is 16.8. The Hall–Kier alpha value is -1.89. The van der Waals surface area contributed by atoms with Crippen molar-refractivity contribution in [3.05, 3.63) is 52.6 Å². The first-order chi connectivity index (χ1) is 10.6. The quantitative estimate of drug-likeness (QED) is 0.691. The molecule has 112 valence electrons. The number of aliphatic hydroxyl groups is 1. The Bertz CT molecular complexity index is 765. The number of furan rings is 1. The monoisotopic (exact) mass is 331 g/mol. The minimum Gasteiger partial charge on any atom is -0.456 e. The van der Waals surface area contributed by atoms with Gasteiger partial charge in [-0.15, -0.1) is 0 Å². The van der Waals surface area contributed by atoms with Crippen molar-refractivity contribution in [1.82, 2.24) is 4.90 Å². The first kappa shape index (κ1) is 15.0. The third-order valence-corrected chi connectivity index (χ3v) is 4.80. The Morgan fingerprint density at radius 1 is 1.36 bits per heavy atom. The molecule has 1 amide bonds. The Kier molecular flexibility index (Phi) is 4.15. The van der Waals surface area contributed by atoms with Gasteiger partial charge in [0.2, 0.25) is 0 Å². The summed E-state index contributed by atoms with van der Waals surface area (Å²) in [4.78, 5) is 14.0. The van der Waals surface area contributed by atoms with Crippen LogP contribution in [0.5, 0.6) is 0 Å². The number of hydrogen-bond acceptors (Lipinski definition) is 5. The van der Waals surface area contributed by atoms with Crippen LogP contribution in [-0.2, 0) is 11.4 Å². The van der Waals surface area contributed by atoms with Crippen LogP contribution in [0.2, 0.25) is 0 Å². The third kappa shape index (κ3) is 2.72. The minimum atomic E-state index is -0.158. The summed E-state index contributed by atoms with van der Waals surface area (Å²) in [6, 6.07) is 11.4. The van der Waals surface area contributed by atoms with Crippen molar-refractivity contribution in [3.63, 3.8) is 0 Å². The van der Waals surface area contributed by atoms with E-state index < -0.39 is 0 Å². The van der Waals surface area contributed by atoms with Crippen LogP contribution in [-0.4, -0.2) is 27.3 Å². The van der Waals surface area contributed by atoms with Gasteiger partial charge in [0, 0.05) is 24.3 Å². The van der Waals surface area contributed by atoms with Crippen LogP contribution in [0.25, 0.3) is 17.4 Å². The number of thioether (sulfide) groups is 1. The Morgan fingerprint density at radius 3 is 2.68 bits per heavy atom. The molecule has 1 aliphatic rings. The number of rotatable bonds is 3. The maximum absolute atomic E-state index is 12.0. The molecule has 4 nitrogen and oxygen atoms in total. The Labute approximate surface area is 137 Å². The van der Waals surface area contributed by atoms with Crippen molar-refractivity contribution in [2.75, 3.05) is 7.05 Å². The molecular weight excluding hydrogens is 318 g/mol. The van der Waals surface area contributed by atoms with Crippen molar-refractivity contribution in [2.45, 2.75) is 6.61 Å². The lowest BCUT2D eigenvalue weighted by atomic mass is 10.1. The zero-order chi connectivity index (χ0) is 15.7. The summed E-state index contributed by atoms with van der Waals surface area (Å²) < 4.78 is 6.32. The Balaban J connectivity index is 2.00. The molecule has 0 unspecified atom stereocenters. The van der Waals surface area contributed by atoms with Gasteiger partial charge in [0.05, 0.1) is 11.5 Å². The number of carbonyl (C=O) groups is 1. The molecule has 0 aliphatic carbocycles. The van der Waals surface area contributed by atoms with Gasteiger partial charge in [0.15, 0.2) is 0 Å². The maximum atomic E-state index is 12.0. The van der Waals surface area contributed by atoms with Crippen molar-refractivity contribution in [1.29, 1.82) is 0 Å². The van der Waals surface area contributed by atoms with Crippen LogP contribution >= 0.6 is 24.0 Å². The lowest BCUT2D eigenvalue weighted by Gasteiger charge is -2.03. The summed E-state index contributed by atoms with van der Waals surface area (Å²) in [5.41, 5.74) is 1.56. The number of nitrogens with zero attached hydrogens (tertiary/aromatic N) is 1. The molecular formula is C16H13NO3S2. The summed E-state index contributed by atoms with van der Waals surface area (Å²) in [6.07, 6.45) is 1.64. The standard InChI is InChI=1S/C16H13NO3S2/c1-17-15(19)14(22-16(17)21)8-13-11(9-18)7-12(20-13)10-5-3-2-4-6-10/h2-8,18H,9H2,1H3/b14-8-. The van der Waals surface area contributed by atoms with E-state index in [2.05, 4.69) is 0 Å². The summed E-state index contributed by atoms with van der Waals surface area (Å²) in [6.45, 7) is -0.158. The number of amides is 1. The van der Waals surface area contributed by atoms with E-state index in [1.54, 1.807) is 19.2 Å². The van der Waals surface area contributed by atoms with Gasteiger partial charge in [-0.2, -0.15) is 0 Å². The first-order valence-electron chi connectivity index (χ1n) is 6.60. The molecule has 1 aliphatic heterocycles. The molecule has 0 atom stereocenters. The highest BCUT2D eigenvalue weighted by atomic mass is 32.2. The average Bonchev–Trinajstić information content (AvgIpc) is 3.05. The van der Waals surface area contributed by atoms with Gasteiger partial charge in [-0.05, 0) is 6.07 Å². The van der Waals surface area contributed by atoms with Crippen LogP contribution in [0.15, 0.2) is 45.7 Å². The molecule has 1 fully saturated rings. The molecule has 22 heavy (non-hydrogen) atoms. The van der Waals surface area contributed by atoms with Crippen LogP contribution in [0, 0.1) is 0 Å². The van der Waals surface area contributed by atoms with Gasteiger partial charge >= 0.3 is 0 Å². The highest BCUT2D eigenvalue weighted by molar-refractivity contribution is 8.26. The number of benzene rings is 1. The molecule has 1 aromatic carbocycles. The highest BCUT2D eigenvalue weighted by Gasteiger charge is 2.29. The topological polar surface area (TPSA) is 53.7 Å². The van der Waals surface area contributed by atoms with Crippen LogP contribution in [0.3, 0.4) is 0 Å². The molecule has 1 N–H and O–H groups in total. The van der Waals surface area contributed by atoms with E-state index in [-0.39, 0.29) is 12.5 Å². The number of thiocarbonyl (C=S) groups is 1. The molecule has 1 aromatic heterocycles. The van der Waals surface area contributed by atoms with Gasteiger partial charge in [0.25, 0.3) is 5.91 Å². The number of carbonyl (C=O) groups excluding carboxylic acids is 1. The largest absolute Gasteiger partial charge is 0.456 e. The van der Waals surface area contributed by atoms with Gasteiger partial charge in [-0.1, -0.05) is 54.3 Å². The fraction of sp³-hybridized carbons (Fsp3) is 0.125. The predicted octanol–water partition coefficient (Wildman–Crippen LogP) is 3.27. The fourth-order valence-electron chi connectivity index (χ4n) is 2.10. The molecule has 0 radical (unpaired) electrons. The average molecular weight is 331 g/mol. The molecule has 0 spiro atoms. The summed E-state index contributed by atoms with van der Waals surface area (Å²) in [7, 11) is 1.64. The summed E-state index contributed by atoms with van der Waals surface area (Å²) >= 11 is 6.33. The Morgan fingerprint density at radius 2 is 2.09 bits per heavy atom. The van der Waals surface area contributed by atoms with Gasteiger partial charge < -0.3 is 9.52 Å². The molecule has 6 heteroatoms. The summed E-state index contributed by atoms with van der Waals surface area (Å²) in [5, 5.41) is 9.51. The van der Waals surface area contributed by atoms with Crippen LogP contribution < -0.4 is 0 Å². The minimum absolute atomic E-state index is 0.156. The number of aliphatic hydroxyl groups excluding tert-OH is 1. The van der Waals surface area contributed by atoms with Gasteiger partial charge in [0.1, 0.15) is 15.8 Å². The second kappa shape index (κ2) is 6.08. The molecule has 0 bridgehead atoms. The van der Waals surface area contributed by atoms with Crippen LogP contribution in [0.1, 0.15) is 11.3 Å². The lowest BCUT2D eigenvalue weighted by molar-refractivity contribution is -0.121. The smallest absolute Gasteiger partial charge is 0.266 e. The van der Waals surface area contributed by atoms with Gasteiger partial charge in [-0.3, -0.25) is 9.69 Å². The van der Waals surface area contributed by atoms with Crippen LogP contribution in [0.4, 0.5) is 0 Å². The second-order valence-corrected chi connectivity index (χ2v) is 6.44. The van der Waals surface area contributed by atoms with Crippen molar-refractivity contribution >= 4 is 40.3 Å². The number of likely N-dealkylation sites (N-methyl/N-ethyl adjacent to an activating group) is 1. The third-order valence-electron chi connectivity index (χ3n) is 3.32. The zero-order valence-corrected chi connectivity index (χ0v) is 13.4. The second-order valence-electron chi connectivity index (χ2n) is 4.77. The molecule has 1 saturated heterocycles. The van der Waals surface area contributed by atoms with Crippen molar-refractivity contribution < 1.29 is 14.3 Å². The predicted molar refractivity (Wildman–Crippen MR) is 91.0 cm³/mol. The molecule has 3 rings (SSSR count). The first-order valence-corrected chi connectivity index (χ1v) is 7.83. The van der Waals surface area contributed by atoms with Crippen molar-refractivity contribution in [3.8, 4) is 11.3 Å². The molecule has 0 saturated carbocycles. The number of hydrogen-bond donors (Lipinski definition) is 1.